The summed E-state index contributed by atoms with van der Waals surface area (Å²) in [6.07, 6.45) is -2.57. The Morgan fingerprint density at radius 3 is 2.30 bits per heavy atom. The van der Waals surface area contributed by atoms with Gasteiger partial charge in [0, 0.05) is 0 Å². The Hall–Kier alpha value is -2.30. The molecule has 0 saturated carbocycles. The van der Waals surface area contributed by atoms with Crippen molar-refractivity contribution in [1.82, 2.24) is 0 Å². The van der Waals surface area contributed by atoms with E-state index < -0.39 is 23.3 Å². The van der Waals surface area contributed by atoms with Crippen molar-refractivity contribution >= 4 is 5.83 Å². The first-order chi connectivity index (χ1) is 9.58. The molecule has 0 amide bonds. The molecule has 0 aliphatic heterocycles. The Morgan fingerprint density at radius 2 is 1.65 bits per heavy atom. The summed E-state index contributed by atoms with van der Waals surface area (Å²) in [7, 11) is 0. The molecule has 0 aliphatic carbocycles. The van der Waals surface area contributed by atoms with Gasteiger partial charge in [0.05, 0.1) is 5.56 Å². The van der Waals surface area contributed by atoms with Crippen LogP contribution in [0.3, 0.4) is 0 Å². The molecule has 1 nitrogen and oxygen atoms in total. The molecule has 2 rings (SSSR count). The minimum absolute atomic E-state index is 0.113. The molecule has 0 N–H and O–H groups in total. The van der Waals surface area contributed by atoms with Crippen LogP contribution < -0.4 is 4.74 Å². The largest absolute Gasteiger partial charge is 0.489 e. The van der Waals surface area contributed by atoms with Crippen molar-refractivity contribution in [3.05, 3.63) is 71.6 Å². The van der Waals surface area contributed by atoms with Gasteiger partial charge in [0.15, 0.2) is 5.83 Å². The van der Waals surface area contributed by atoms with E-state index in [1.165, 1.54) is 6.07 Å². The Kier molecular flexibility index (Phi) is 4.40. The fourth-order valence-electron chi connectivity index (χ4n) is 1.61. The predicted molar refractivity (Wildman–Crippen MR) is 67.4 cm³/mol. The Balaban J connectivity index is 2.18. The van der Waals surface area contributed by atoms with Gasteiger partial charge in [-0.3, -0.25) is 0 Å². The average Bonchev–Trinajstić information content (AvgIpc) is 2.46. The van der Waals surface area contributed by atoms with E-state index in [1.54, 1.807) is 0 Å². The predicted octanol–water partition coefficient (Wildman–Crippen LogP) is 4.94. The maximum Gasteiger partial charge on any atom is 0.306 e. The Bertz CT molecular complexity index is 619. The minimum Gasteiger partial charge on any atom is -0.489 e. The summed E-state index contributed by atoms with van der Waals surface area (Å²) < 4.78 is 56.0. The van der Waals surface area contributed by atoms with Gasteiger partial charge in [-0.15, -0.1) is 0 Å². The second kappa shape index (κ2) is 6.23. The number of halogens is 4. The normalized spacial score (nSPS) is 10.2. The van der Waals surface area contributed by atoms with Gasteiger partial charge in [-0.25, -0.2) is 8.78 Å². The smallest absolute Gasteiger partial charge is 0.306 e. The highest BCUT2D eigenvalue weighted by molar-refractivity contribution is 5.61. The number of benzene rings is 2. The first-order valence-electron chi connectivity index (χ1n) is 5.75. The molecule has 0 radical (unpaired) electrons. The van der Waals surface area contributed by atoms with Gasteiger partial charge in [-0.05, 0) is 23.8 Å². The van der Waals surface area contributed by atoms with Crippen LogP contribution in [0.15, 0.2) is 54.6 Å². The van der Waals surface area contributed by atoms with E-state index >= 15 is 0 Å². The standard InChI is InChI=1S/C15H10F4O/c16-13-7-6-11(8-12(13)14(17)15(18)19)20-9-10-4-2-1-3-5-10/h1-8H,9H2. The molecule has 0 spiro atoms. The second-order valence-corrected chi connectivity index (χ2v) is 3.99. The third kappa shape index (κ3) is 3.38. The van der Waals surface area contributed by atoms with E-state index in [2.05, 4.69) is 0 Å². The molecule has 0 unspecified atom stereocenters. The molecule has 0 aliphatic rings. The van der Waals surface area contributed by atoms with Gasteiger partial charge in [0.2, 0.25) is 0 Å². The average molecular weight is 282 g/mol. The summed E-state index contributed by atoms with van der Waals surface area (Å²) in [6, 6.07) is 12.1. The second-order valence-electron chi connectivity index (χ2n) is 3.99. The zero-order valence-electron chi connectivity index (χ0n) is 10.2. The van der Waals surface area contributed by atoms with Crippen LogP contribution in [0.2, 0.25) is 0 Å². The molecular formula is C15H10F4O. The number of rotatable bonds is 4. The molecule has 20 heavy (non-hydrogen) atoms. The van der Waals surface area contributed by atoms with Gasteiger partial charge >= 0.3 is 6.08 Å². The molecule has 0 saturated heterocycles. The Labute approximate surface area is 113 Å². The van der Waals surface area contributed by atoms with E-state index in [-0.39, 0.29) is 12.4 Å². The molecule has 0 bridgehead atoms. The third-order valence-electron chi connectivity index (χ3n) is 2.59. The van der Waals surface area contributed by atoms with Crippen molar-refractivity contribution in [2.45, 2.75) is 6.61 Å². The van der Waals surface area contributed by atoms with Crippen molar-refractivity contribution in [2.24, 2.45) is 0 Å². The van der Waals surface area contributed by atoms with Crippen LogP contribution in [0.1, 0.15) is 11.1 Å². The highest BCUT2D eigenvalue weighted by Gasteiger charge is 2.14. The van der Waals surface area contributed by atoms with Crippen molar-refractivity contribution in [3.8, 4) is 5.75 Å². The zero-order chi connectivity index (χ0) is 14.5. The quantitative estimate of drug-likeness (QED) is 0.722. The van der Waals surface area contributed by atoms with E-state index in [0.29, 0.717) is 0 Å². The van der Waals surface area contributed by atoms with Crippen LogP contribution in [-0.2, 0) is 6.61 Å². The van der Waals surface area contributed by atoms with Crippen LogP contribution in [-0.4, -0.2) is 0 Å². The summed E-state index contributed by atoms with van der Waals surface area (Å²) >= 11 is 0. The van der Waals surface area contributed by atoms with E-state index in [4.69, 9.17) is 4.74 Å². The first-order valence-corrected chi connectivity index (χ1v) is 5.75. The topological polar surface area (TPSA) is 9.23 Å². The molecule has 2 aromatic rings. The summed E-state index contributed by atoms with van der Waals surface area (Å²) in [4.78, 5) is 0. The van der Waals surface area contributed by atoms with E-state index in [0.717, 1.165) is 17.7 Å². The molecule has 0 aromatic heterocycles. The van der Waals surface area contributed by atoms with Gasteiger partial charge in [-0.1, -0.05) is 30.3 Å². The maximum absolute atomic E-state index is 13.3. The van der Waals surface area contributed by atoms with Gasteiger partial charge < -0.3 is 4.74 Å². The third-order valence-corrected chi connectivity index (χ3v) is 2.59. The van der Waals surface area contributed by atoms with Crippen LogP contribution in [0.5, 0.6) is 5.75 Å². The lowest BCUT2D eigenvalue weighted by molar-refractivity contribution is 0.305. The lowest BCUT2D eigenvalue weighted by Gasteiger charge is -2.08. The molecule has 2 aromatic carbocycles. The molecule has 0 fully saturated rings. The van der Waals surface area contributed by atoms with Crippen molar-refractivity contribution in [2.75, 3.05) is 0 Å². The summed E-state index contributed by atoms with van der Waals surface area (Å²) in [6.45, 7) is 0.176. The molecular weight excluding hydrogens is 272 g/mol. The van der Waals surface area contributed by atoms with Crippen LogP contribution in [0.4, 0.5) is 17.6 Å². The molecule has 0 atom stereocenters. The highest BCUT2D eigenvalue weighted by atomic mass is 19.3. The molecule has 104 valence electrons. The van der Waals surface area contributed by atoms with Crippen molar-refractivity contribution < 1.29 is 22.3 Å². The number of hydrogen-bond acceptors (Lipinski definition) is 1. The van der Waals surface area contributed by atoms with Crippen LogP contribution >= 0.6 is 0 Å². The fraction of sp³-hybridized carbons (Fsp3) is 0.0667. The molecule has 5 heteroatoms. The van der Waals surface area contributed by atoms with Crippen molar-refractivity contribution in [1.29, 1.82) is 0 Å². The zero-order valence-corrected chi connectivity index (χ0v) is 10.2. The van der Waals surface area contributed by atoms with E-state index in [1.807, 2.05) is 30.3 Å². The summed E-state index contributed by atoms with van der Waals surface area (Å²) in [5.41, 5.74) is 0.0432. The Morgan fingerprint density at radius 1 is 0.950 bits per heavy atom. The van der Waals surface area contributed by atoms with Crippen LogP contribution in [0.25, 0.3) is 5.83 Å². The lowest BCUT2D eigenvalue weighted by atomic mass is 10.2. The lowest BCUT2D eigenvalue weighted by Crippen LogP contribution is -1.96. The van der Waals surface area contributed by atoms with Crippen molar-refractivity contribution in [3.63, 3.8) is 0 Å². The number of ether oxygens (including phenoxy) is 1. The maximum atomic E-state index is 13.3. The van der Waals surface area contributed by atoms with Gasteiger partial charge in [-0.2, -0.15) is 8.78 Å². The highest BCUT2D eigenvalue weighted by Crippen LogP contribution is 2.28. The minimum atomic E-state index is -2.57. The number of hydrogen-bond donors (Lipinski definition) is 0. The summed E-state index contributed by atoms with van der Waals surface area (Å²) in [5, 5.41) is 0. The van der Waals surface area contributed by atoms with E-state index in [9.17, 15) is 17.6 Å². The SMILES string of the molecule is FC(F)=C(F)c1cc(OCc2ccccc2)ccc1F. The van der Waals surface area contributed by atoms with Gasteiger partial charge in [0.1, 0.15) is 18.2 Å². The van der Waals surface area contributed by atoms with Crippen LogP contribution in [0, 0.1) is 5.82 Å². The monoisotopic (exact) mass is 282 g/mol. The van der Waals surface area contributed by atoms with Gasteiger partial charge in [0.25, 0.3) is 0 Å². The first kappa shape index (κ1) is 14.1. The fourth-order valence-corrected chi connectivity index (χ4v) is 1.61. The molecule has 0 heterocycles. The summed E-state index contributed by atoms with van der Waals surface area (Å²) in [5.74, 6) is -2.84.